The molecule has 0 radical (unpaired) electrons. The van der Waals surface area contributed by atoms with Crippen LogP contribution in [0.3, 0.4) is 0 Å². The number of aromatic nitrogens is 4. The molecule has 0 aliphatic heterocycles. The summed E-state index contributed by atoms with van der Waals surface area (Å²) in [6.45, 7) is 1.77. The van der Waals surface area contributed by atoms with Crippen molar-refractivity contribution in [3.63, 3.8) is 0 Å². The van der Waals surface area contributed by atoms with E-state index in [1.165, 1.54) is 30.6 Å². The summed E-state index contributed by atoms with van der Waals surface area (Å²) in [6, 6.07) is 15.7. The first-order valence-corrected chi connectivity index (χ1v) is 11.2. The number of ether oxygens (including phenoxy) is 1. The van der Waals surface area contributed by atoms with Gasteiger partial charge in [-0.2, -0.15) is 18.3 Å². The van der Waals surface area contributed by atoms with Crippen LogP contribution in [-0.4, -0.2) is 25.8 Å². The van der Waals surface area contributed by atoms with Gasteiger partial charge in [-0.25, -0.2) is 23.8 Å². The van der Waals surface area contributed by atoms with Gasteiger partial charge in [0.2, 0.25) is 5.88 Å². The number of rotatable bonds is 5. The Morgan fingerprint density at radius 1 is 0.921 bits per heavy atom. The number of anilines is 2. The number of hydrogen-bond acceptors (Lipinski definition) is 5. The van der Waals surface area contributed by atoms with Crippen LogP contribution in [0.5, 0.6) is 11.6 Å². The van der Waals surface area contributed by atoms with Crippen LogP contribution in [0.15, 0.2) is 79.1 Å². The van der Waals surface area contributed by atoms with Crippen LogP contribution >= 0.6 is 0 Å². The van der Waals surface area contributed by atoms with Gasteiger partial charge in [-0.1, -0.05) is 6.07 Å². The lowest BCUT2D eigenvalue weighted by Gasteiger charge is -2.11. The van der Waals surface area contributed by atoms with Gasteiger partial charge in [0, 0.05) is 11.4 Å². The predicted octanol–water partition coefficient (Wildman–Crippen LogP) is 6.72. The Kier molecular flexibility index (Phi) is 6.37. The Morgan fingerprint density at radius 2 is 1.63 bits per heavy atom. The number of urea groups is 1. The smallest absolute Gasteiger partial charge is 0.416 e. The Morgan fingerprint density at radius 3 is 2.34 bits per heavy atom. The van der Waals surface area contributed by atoms with Gasteiger partial charge in [0.05, 0.1) is 16.9 Å². The van der Waals surface area contributed by atoms with Gasteiger partial charge in [0.1, 0.15) is 23.3 Å². The normalized spacial score (nSPS) is 11.4. The number of carbonyl (C=O) groups is 1. The summed E-state index contributed by atoms with van der Waals surface area (Å²) in [6.07, 6.45) is -3.19. The SMILES string of the molecule is Cc1nn(-c2ccc(F)cc2)c2ncnc(Oc3ccc(NC(=O)Nc4cccc(C(F)(F)F)c4)cc3)c12. The fourth-order valence-corrected chi connectivity index (χ4v) is 3.71. The van der Waals surface area contributed by atoms with E-state index in [-0.39, 0.29) is 17.4 Å². The molecular formula is C26H18F4N6O2. The molecule has 0 saturated carbocycles. The van der Waals surface area contributed by atoms with E-state index in [1.807, 2.05) is 0 Å². The van der Waals surface area contributed by atoms with Crippen molar-refractivity contribution in [3.8, 4) is 17.3 Å². The summed E-state index contributed by atoms with van der Waals surface area (Å²) in [5.41, 5.74) is 1.21. The Hall–Kier alpha value is -5.00. The van der Waals surface area contributed by atoms with E-state index >= 15 is 0 Å². The van der Waals surface area contributed by atoms with Crippen LogP contribution in [0.1, 0.15) is 11.3 Å². The first-order chi connectivity index (χ1) is 18.2. The van der Waals surface area contributed by atoms with Gasteiger partial charge in [0.15, 0.2) is 5.65 Å². The molecule has 5 aromatic rings. The van der Waals surface area contributed by atoms with Crippen LogP contribution in [-0.2, 0) is 6.18 Å². The third-order valence-electron chi connectivity index (χ3n) is 5.45. The lowest BCUT2D eigenvalue weighted by Crippen LogP contribution is -2.19. The van der Waals surface area contributed by atoms with E-state index in [2.05, 4.69) is 25.7 Å². The first-order valence-electron chi connectivity index (χ1n) is 11.2. The molecule has 2 N–H and O–H groups in total. The summed E-state index contributed by atoms with van der Waals surface area (Å²) < 4.78 is 59.5. The molecule has 0 atom stereocenters. The lowest BCUT2D eigenvalue weighted by molar-refractivity contribution is -0.137. The highest BCUT2D eigenvalue weighted by molar-refractivity contribution is 5.99. The number of benzene rings is 3. The number of fused-ring (bicyclic) bond motifs is 1. The van der Waals surface area contributed by atoms with Crippen molar-refractivity contribution in [2.75, 3.05) is 10.6 Å². The molecule has 0 aliphatic carbocycles. The van der Waals surface area contributed by atoms with Crippen LogP contribution in [0.2, 0.25) is 0 Å². The summed E-state index contributed by atoms with van der Waals surface area (Å²) in [5.74, 6) is 0.290. The molecule has 2 heterocycles. The molecule has 2 aromatic heterocycles. The second-order valence-corrected chi connectivity index (χ2v) is 8.14. The van der Waals surface area contributed by atoms with Gasteiger partial charge < -0.3 is 15.4 Å². The molecule has 5 rings (SSSR count). The van der Waals surface area contributed by atoms with Crippen LogP contribution in [0.25, 0.3) is 16.7 Å². The number of hydrogen-bond donors (Lipinski definition) is 2. The number of carbonyl (C=O) groups excluding carboxylic acids is 1. The largest absolute Gasteiger partial charge is 0.438 e. The minimum absolute atomic E-state index is 0.00149. The summed E-state index contributed by atoms with van der Waals surface area (Å²) >= 11 is 0. The van der Waals surface area contributed by atoms with E-state index < -0.39 is 17.8 Å². The summed E-state index contributed by atoms with van der Waals surface area (Å²) in [4.78, 5) is 20.8. The molecule has 8 nitrogen and oxygen atoms in total. The summed E-state index contributed by atoms with van der Waals surface area (Å²) in [5, 5.41) is 9.98. The third-order valence-corrected chi connectivity index (χ3v) is 5.45. The quantitative estimate of drug-likeness (QED) is 0.250. The average Bonchev–Trinajstić information content (AvgIpc) is 3.22. The van der Waals surface area contributed by atoms with Crippen molar-refractivity contribution in [1.82, 2.24) is 19.7 Å². The summed E-state index contributed by atoms with van der Waals surface area (Å²) in [7, 11) is 0. The molecule has 192 valence electrons. The maximum absolute atomic E-state index is 13.3. The van der Waals surface area contributed by atoms with Crippen molar-refractivity contribution in [2.45, 2.75) is 13.1 Å². The number of aryl methyl sites for hydroxylation is 1. The highest BCUT2D eigenvalue weighted by Gasteiger charge is 2.30. The monoisotopic (exact) mass is 522 g/mol. The minimum Gasteiger partial charge on any atom is -0.438 e. The van der Waals surface area contributed by atoms with Crippen molar-refractivity contribution in [1.29, 1.82) is 0 Å². The maximum Gasteiger partial charge on any atom is 0.416 e. The number of amides is 2. The van der Waals surface area contributed by atoms with Crippen molar-refractivity contribution in [3.05, 3.63) is 96.2 Å². The molecule has 0 aliphatic rings. The zero-order chi connectivity index (χ0) is 26.9. The highest BCUT2D eigenvalue weighted by atomic mass is 19.4. The van der Waals surface area contributed by atoms with Crippen molar-refractivity contribution in [2.24, 2.45) is 0 Å². The number of alkyl halides is 3. The van der Waals surface area contributed by atoms with Crippen LogP contribution < -0.4 is 15.4 Å². The fourth-order valence-electron chi connectivity index (χ4n) is 3.71. The van der Waals surface area contributed by atoms with Crippen LogP contribution in [0.4, 0.5) is 33.7 Å². The zero-order valence-electron chi connectivity index (χ0n) is 19.6. The van der Waals surface area contributed by atoms with Gasteiger partial charge in [-0.05, 0) is 73.7 Å². The minimum atomic E-state index is -4.52. The zero-order valence-corrected chi connectivity index (χ0v) is 19.6. The molecule has 38 heavy (non-hydrogen) atoms. The van der Waals surface area contributed by atoms with Crippen molar-refractivity contribution < 1.29 is 27.1 Å². The molecule has 2 amide bonds. The van der Waals surface area contributed by atoms with E-state index in [9.17, 15) is 22.4 Å². The highest BCUT2D eigenvalue weighted by Crippen LogP contribution is 2.32. The number of nitrogens with one attached hydrogen (secondary N) is 2. The van der Waals surface area contributed by atoms with Gasteiger partial charge in [-0.3, -0.25) is 0 Å². The Bertz CT molecular complexity index is 1620. The first kappa shape index (κ1) is 24.7. The van der Waals surface area contributed by atoms with Gasteiger partial charge in [0.25, 0.3) is 0 Å². The Balaban J connectivity index is 1.30. The second kappa shape index (κ2) is 9.81. The molecule has 0 saturated heterocycles. The molecule has 0 spiro atoms. The van der Waals surface area contributed by atoms with Crippen molar-refractivity contribution >= 4 is 28.4 Å². The maximum atomic E-state index is 13.3. The van der Waals surface area contributed by atoms with Gasteiger partial charge in [-0.15, -0.1) is 0 Å². The van der Waals surface area contributed by atoms with Crippen LogP contribution in [0, 0.1) is 12.7 Å². The van der Waals surface area contributed by atoms with E-state index in [1.54, 1.807) is 48.0 Å². The topological polar surface area (TPSA) is 94.0 Å². The molecule has 12 heteroatoms. The number of nitrogens with zero attached hydrogens (tertiary/aromatic N) is 4. The van der Waals surface area contributed by atoms with E-state index in [0.717, 1.165) is 12.1 Å². The second-order valence-electron chi connectivity index (χ2n) is 8.14. The fraction of sp³-hybridized carbons (Fsp3) is 0.0769. The third kappa shape index (κ3) is 5.24. The average molecular weight is 522 g/mol. The lowest BCUT2D eigenvalue weighted by atomic mass is 10.2. The van der Waals surface area contributed by atoms with E-state index in [4.69, 9.17) is 4.74 Å². The molecule has 3 aromatic carbocycles. The van der Waals surface area contributed by atoms with Gasteiger partial charge >= 0.3 is 12.2 Å². The Labute approximate surface area is 212 Å². The van der Waals surface area contributed by atoms with E-state index in [0.29, 0.717) is 33.9 Å². The molecule has 0 fully saturated rings. The standard InChI is InChI=1S/C26H18F4N6O2/c1-15-22-23(36(35-15)20-9-5-17(27)6-10-20)31-14-32-24(22)38-21-11-7-18(8-12-21)33-25(37)34-19-4-2-3-16(13-19)26(28,29)30/h2-14H,1H3,(H2,33,34,37). The molecular weight excluding hydrogens is 504 g/mol. The predicted molar refractivity (Wildman–Crippen MR) is 132 cm³/mol. The number of halogens is 4. The molecule has 0 unspecified atom stereocenters. The molecule has 0 bridgehead atoms.